The van der Waals surface area contributed by atoms with Crippen LogP contribution in [0.2, 0.25) is 0 Å². The molecule has 0 atom stereocenters. The number of nitro benzene ring substituents is 1. The minimum Gasteiger partial charge on any atom is -0.258 e. The Balaban J connectivity index is 2.34. The van der Waals surface area contributed by atoms with E-state index in [1.165, 1.54) is 18.2 Å². The van der Waals surface area contributed by atoms with E-state index in [1.54, 1.807) is 36.4 Å². The van der Waals surface area contributed by atoms with Gasteiger partial charge in [-0.05, 0) is 35.9 Å². The molecule has 21 heavy (non-hydrogen) atoms. The van der Waals surface area contributed by atoms with Gasteiger partial charge in [0.1, 0.15) is 0 Å². The van der Waals surface area contributed by atoms with Crippen LogP contribution in [-0.2, 0) is 0 Å². The van der Waals surface area contributed by atoms with Crippen LogP contribution in [0, 0.1) is 32.8 Å². The standard InChI is InChI=1S/C16H9N3O2/c17-10-13-3-1-12(2-4-13)5-7-15-8-6-14(11-18)9-16(15)19(20)21/h1-9H/b7-5+. The molecule has 2 aromatic carbocycles. The van der Waals surface area contributed by atoms with Crippen molar-refractivity contribution in [1.82, 2.24) is 0 Å². The maximum absolute atomic E-state index is 11.0. The summed E-state index contributed by atoms with van der Waals surface area (Å²) in [7, 11) is 0. The van der Waals surface area contributed by atoms with Gasteiger partial charge in [0.15, 0.2) is 0 Å². The first kappa shape index (κ1) is 14.0. The molecule has 0 N–H and O–H groups in total. The van der Waals surface area contributed by atoms with E-state index in [0.717, 1.165) is 5.56 Å². The van der Waals surface area contributed by atoms with Gasteiger partial charge in [-0.25, -0.2) is 0 Å². The fraction of sp³-hybridized carbons (Fsp3) is 0. The number of nitrogens with zero attached hydrogens (tertiary/aromatic N) is 3. The Morgan fingerprint density at radius 3 is 2.14 bits per heavy atom. The van der Waals surface area contributed by atoms with Crippen LogP contribution in [0.3, 0.4) is 0 Å². The lowest BCUT2D eigenvalue weighted by Crippen LogP contribution is -1.92. The summed E-state index contributed by atoms with van der Waals surface area (Å²) >= 11 is 0. The smallest absolute Gasteiger partial charge is 0.258 e. The van der Waals surface area contributed by atoms with Crippen LogP contribution in [-0.4, -0.2) is 4.92 Å². The number of hydrogen-bond acceptors (Lipinski definition) is 4. The second-order valence-electron chi connectivity index (χ2n) is 4.21. The van der Waals surface area contributed by atoms with Gasteiger partial charge in [-0.2, -0.15) is 10.5 Å². The Kier molecular flexibility index (Phi) is 4.09. The van der Waals surface area contributed by atoms with Crippen molar-refractivity contribution < 1.29 is 4.92 Å². The largest absolute Gasteiger partial charge is 0.277 e. The molecule has 0 heterocycles. The Hall–Kier alpha value is -3.44. The fourth-order valence-electron chi connectivity index (χ4n) is 1.77. The second-order valence-corrected chi connectivity index (χ2v) is 4.21. The number of nitriles is 2. The maximum atomic E-state index is 11.0. The summed E-state index contributed by atoms with van der Waals surface area (Å²) in [6.07, 6.45) is 3.33. The first-order valence-electron chi connectivity index (χ1n) is 6.01. The van der Waals surface area contributed by atoms with E-state index in [-0.39, 0.29) is 11.3 Å². The molecule has 0 spiro atoms. The normalized spacial score (nSPS) is 10.0. The van der Waals surface area contributed by atoms with Crippen LogP contribution in [0.1, 0.15) is 22.3 Å². The molecule has 0 saturated carbocycles. The van der Waals surface area contributed by atoms with Gasteiger partial charge < -0.3 is 0 Å². The molecule has 0 aliphatic heterocycles. The van der Waals surface area contributed by atoms with Gasteiger partial charge in [0, 0.05) is 6.07 Å². The van der Waals surface area contributed by atoms with Crippen molar-refractivity contribution in [2.75, 3.05) is 0 Å². The Bertz CT molecular complexity index is 794. The summed E-state index contributed by atoms with van der Waals surface area (Å²) in [5, 5.41) is 28.5. The highest BCUT2D eigenvalue weighted by Crippen LogP contribution is 2.22. The third kappa shape index (κ3) is 3.31. The second kappa shape index (κ2) is 6.14. The molecule has 0 unspecified atom stereocenters. The highest BCUT2D eigenvalue weighted by Gasteiger charge is 2.12. The van der Waals surface area contributed by atoms with Crippen LogP contribution in [0.4, 0.5) is 5.69 Å². The van der Waals surface area contributed by atoms with E-state index in [2.05, 4.69) is 0 Å². The van der Waals surface area contributed by atoms with E-state index in [0.29, 0.717) is 11.1 Å². The van der Waals surface area contributed by atoms with Crippen molar-refractivity contribution in [3.63, 3.8) is 0 Å². The third-order valence-corrected chi connectivity index (χ3v) is 2.85. The molecular formula is C16H9N3O2. The molecule has 2 rings (SSSR count). The highest BCUT2D eigenvalue weighted by atomic mass is 16.6. The van der Waals surface area contributed by atoms with Crippen molar-refractivity contribution in [3.8, 4) is 12.1 Å². The van der Waals surface area contributed by atoms with E-state index in [1.807, 2.05) is 12.1 Å². The zero-order valence-electron chi connectivity index (χ0n) is 10.9. The molecule has 2 aromatic rings. The molecule has 0 aromatic heterocycles. The van der Waals surface area contributed by atoms with Gasteiger partial charge in [0.05, 0.1) is 33.8 Å². The highest BCUT2D eigenvalue weighted by molar-refractivity contribution is 5.74. The molecule has 0 radical (unpaired) electrons. The van der Waals surface area contributed by atoms with Crippen LogP contribution < -0.4 is 0 Å². The van der Waals surface area contributed by atoms with Crippen molar-refractivity contribution in [2.45, 2.75) is 0 Å². The summed E-state index contributed by atoms with van der Waals surface area (Å²) in [6, 6.07) is 15.1. The average Bonchev–Trinajstić information content (AvgIpc) is 2.53. The zero-order chi connectivity index (χ0) is 15.2. The van der Waals surface area contributed by atoms with E-state index in [9.17, 15) is 10.1 Å². The van der Waals surface area contributed by atoms with Crippen molar-refractivity contribution >= 4 is 17.8 Å². The SMILES string of the molecule is N#Cc1ccc(/C=C/c2ccc(C#N)cc2[N+](=O)[O-])cc1. The van der Waals surface area contributed by atoms with Crippen molar-refractivity contribution in [1.29, 1.82) is 10.5 Å². The molecular weight excluding hydrogens is 266 g/mol. The molecule has 0 aliphatic carbocycles. The van der Waals surface area contributed by atoms with E-state index < -0.39 is 4.92 Å². The van der Waals surface area contributed by atoms with Gasteiger partial charge in [0.2, 0.25) is 0 Å². The van der Waals surface area contributed by atoms with E-state index >= 15 is 0 Å². The lowest BCUT2D eigenvalue weighted by atomic mass is 10.1. The molecule has 0 bridgehead atoms. The predicted octanol–water partition coefficient (Wildman–Crippen LogP) is 3.51. The van der Waals surface area contributed by atoms with Gasteiger partial charge in [0.25, 0.3) is 5.69 Å². The fourth-order valence-corrected chi connectivity index (χ4v) is 1.77. The predicted molar refractivity (Wildman–Crippen MR) is 77.9 cm³/mol. The summed E-state index contributed by atoms with van der Waals surface area (Å²) in [5.74, 6) is 0. The van der Waals surface area contributed by atoms with E-state index in [4.69, 9.17) is 10.5 Å². The average molecular weight is 275 g/mol. The number of hydrogen-bond donors (Lipinski definition) is 0. The molecule has 5 heteroatoms. The van der Waals surface area contributed by atoms with Gasteiger partial charge >= 0.3 is 0 Å². The Labute approximate surface area is 121 Å². The Morgan fingerprint density at radius 2 is 1.57 bits per heavy atom. The number of rotatable bonds is 3. The van der Waals surface area contributed by atoms with Gasteiger partial charge in [-0.1, -0.05) is 18.2 Å². The molecule has 0 amide bonds. The van der Waals surface area contributed by atoms with Crippen molar-refractivity contribution in [3.05, 3.63) is 74.8 Å². The first-order valence-corrected chi connectivity index (χ1v) is 6.01. The van der Waals surface area contributed by atoms with Crippen LogP contribution in [0.15, 0.2) is 42.5 Å². The summed E-state index contributed by atoms with van der Waals surface area (Å²) in [4.78, 5) is 10.5. The monoisotopic (exact) mass is 275 g/mol. The zero-order valence-corrected chi connectivity index (χ0v) is 10.9. The summed E-state index contributed by atoms with van der Waals surface area (Å²) in [5.41, 5.74) is 1.93. The third-order valence-electron chi connectivity index (χ3n) is 2.85. The topological polar surface area (TPSA) is 90.7 Å². The maximum Gasteiger partial charge on any atom is 0.277 e. The summed E-state index contributed by atoms with van der Waals surface area (Å²) in [6.45, 7) is 0. The molecule has 0 fully saturated rings. The minimum atomic E-state index is -0.515. The van der Waals surface area contributed by atoms with Crippen LogP contribution >= 0.6 is 0 Å². The van der Waals surface area contributed by atoms with Crippen LogP contribution in [0.5, 0.6) is 0 Å². The lowest BCUT2D eigenvalue weighted by Gasteiger charge is -1.98. The number of benzene rings is 2. The van der Waals surface area contributed by atoms with Crippen molar-refractivity contribution in [2.24, 2.45) is 0 Å². The first-order chi connectivity index (χ1) is 10.1. The molecule has 0 aliphatic rings. The lowest BCUT2D eigenvalue weighted by molar-refractivity contribution is -0.385. The minimum absolute atomic E-state index is 0.112. The quantitative estimate of drug-likeness (QED) is 0.487. The molecule has 100 valence electrons. The Morgan fingerprint density at radius 1 is 0.952 bits per heavy atom. The number of nitro groups is 1. The van der Waals surface area contributed by atoms with Gasteiger partial charge in [-0.3, -0.25) is 10.1 Å². The molecule has 0 saturated heterocycles. The molecule has 5 nitrogen and oxygen atoms in total. The van der Waals surface area contributed by atoms with Crippen LogP contribution in [0.25, 0.3) is 12.2 Å². The summed E-state index contributed by atoms with van der Waals surface area (Å²) < 4.78 is 0. The van der Waals surface area contributed by atoms with Gasteiger partial charge in [-0.15, -0.1) is 0 Å².